The summed E-state index contributed by atoms with van der Waals surface area (Å²) in [7, 11) is 1.67. The molecular formula is C19H23N3O4. The number of fused-ring (bicyclic) bond motifs is 3. The fourth-order valence-electron chi connectivity index (χ4n) is 3.97. The lowest BCUT2D eigenvalue weighted by Gasteiger charge is -2.39. The standard InChI is InChI=1S/C19H23N3O4/c1-25-14-2-3-17-15(9-14)16-8-13(11-26-18(16)10-20-17)22-6-4-12(5-7-22)21-19(23)24/h2-3,9-10,12-13,21H,4-8,11H2,1H3,(H,23,24). The quantitative estimate of drug-likeness (QED) is 0.877. The van der Waals surface area contributed by atoms with E-state index >= 15 is 0 Å². The molecule has 0 radical (unpaired) electrons. The number of carbonyl (C=O) groups is 1. The van der Waals surface area contributed by atoms with Crippen LogP contribution in [0.4, 0.5) is 4.79 Å². The lowest BCUT2D eigenvalue weighted by molar-refractivity contribution is 0.0902. The first-order valence-corrected chi connectivity index (χ1v) is 8.96. The van der Waals surface area contributed by atoms with Crippen molar-refractivity contribution in [2.45, 2.75) is 31.3 Å². The van der Waals surface area contributed by atoms with Gasteiger partial charge < -0.3 is 19.9 Å². The summed E-state index contributed by atoms with van der Waals surface area (Å²) in [5.41, 5.74) is 2.12. The molecule has 0 aliphatic carbocycles. The third kappa shape index (κ3) is 3.26. The van der Waals surface area contributed by atoms with Gasteiger partial charge in [0, 0.05) is 36.1 Å². The molecule has 1 saturated heterocycles. The second kappa shape index (κ2) is 6.99. The van der Waals surface area contributed by atoms with Crippen LogP contribution in [0.15, 0.2) is 24.4 Å². The number of ether oxygens (including phenoxy) is 2. The third-order valence-electron chi connectivity index (χ3n) is 5.39. The van der Waals surface area contributed by atoms with Gasteiger partial charge in [-0.2, -0.15) is 0 Å². The zero-order chi connectivity index (χ0) is 18.1. The molecular weight excluding hydrogens is 334 g/mol. The SMILES string of the molecule is COc1ccc2ncc3c(c2c1)CC(N1CCC(NC(=O)O)CC1)CO3. The molecule has 4 rings (SSSR count). The van der Waals surface area contributed by atoms with Crippen molar-refractivity contribution in [2.24, 2.45) is 0 Å². The van der Waals surface area contributed by atoms with Crippen molar-refractivity contribution in [3.63, 3.8) is 0 Å². The first-order valence-electron chi connectivity index (χ1n) is 8.96. The van der Waals surface area contributed by atoms with Crippen LogP contribution < -0.4 is 14.8 Å². The second-order valence-corrected chi connectivity index (χ2v) is 6.91. The van der Waals surface area contributed by atoms with Gasteiger partial charge in [-0.25, -0.2) is 4.79 Å². The molecule has 1 atom stereocenters. The Bertz CT molecular complexity index is 813. The first-order chi connectivity index (χ1) is 12.6. The maximum absolute atomic E-state index is 10.8. The number of rotatable bonds is 3. The lowest BCUT2D eigenvalue weighted by atomic mass is 9.95. The molecule has 1 aromatic carbocycles. The fourth-order valence-corrected chi connectivity index (χ4v) is 3.97. The van der Waals surface area contributed by atoms with Crippen LogP contribution in [-0.4, -0.2) is 60.0 Å². The minimum atomic E-state index is -0.939. The molecule has 2 aliphatic rings. The Kier molecular flexibility index (Phi) is 4.55. The molecule has 138 valence electrons. The van der Waals surface area contributed by atoms with E-state index in [9.17, 15) is 4.79 Å². The smallest absolute Gasteiger partial charge is 0.404 e. The maximum atomic E-state index is 10.8. The van der Waals surface area contributed by atoms with Crippen molar-refractivity contribution in [3.8, 4) is 11.5 Å². The number of amides is 1. The monoisotopic (exact) mass is 357 g/mol. The second-order valence-electron chi connectivity index (χ2n) is 6.91. The van der Waals surface area contributed by atoms with Crippen molar-refractivity contribution >= 4 is 17.0 Å². The number of methoxy groups -OCH3 is 1. The number of nitrogens with one attached hydrogen (secondary N) is 1. The van der Waals surface area contributed by atoms with Crippen molar-refractivity contribution < 1.29 is 19.4 Å². The average Bonchev–Trinajstić information content (AvgIpc) is 2.67. The highest BCUT2D eigenvalue weighted by Gasteiger charge is 2.30. The third-order valence-corrected chi connectivity index (χ3v) is 5.39. The zero-order valence-electron chi connectivity index (χ0n) is 14.8. The van der Waals surface area contributed by atoms with Crippen molar-refractivity contribution in [1.82, 2.24) is 15.2 Å². The molecule has 1 unspecified atom stereocenters. The Hall–Kier alpha value is -2.54. The van der Waals surface area contributed by atoms with Crippen molar-refractivity contribution in [2.75, 3.05) is 26.8 Å². The molecule has 3 heterocycles. The zero-order valence-corrected chi connectivity index (χ0v) is 14.8. The van der Waals surface area contributed by atoms with E-state index in [0.29, 0.717) is 12.6 Å². The number of nitrogens with zero attached hydrogens (tertiary/aromatic N) is 2. The molecule has 0 bridgehead atoms. The van der Waals surface area contributed by atoms with E-state index in [1.165, 1.54) is 5.56 Å². The molecule has 1 aromatic heterocycles. The van der Waals surface area contributed by atoms with Crippen LogP contribution >= 0.6 is 0 Å². The first kappa shape index (κ1) is 16.9. The molecule has 7 nitrogen and oxygen atoms in total. The van der Waals surface area contributed by atoms with Gasteiger partial charge in [-0.15, -0.1) is 0 Å². The number of carboxylic acid groups (broad SMARTS) is 1. The molecule has 26 heavy (non-hydrogen) atoms. The maximum Gasteiger partial charge on any atom is 0.404 e. The highest BCUT2D eigenvalue weighted by Crippen LogP contribution is 2.34. The Balaban J connectivity index is 1.52. The van der Waals surface area contributed by atoms with E-state index in [1.807, 2.05) is 24.4 Å². The predicted octanol–water partition coefficient (Wildman–Crippen LogP) is 2.28. The number of hydrogen-bond acceptors (Lipinski definition) is 5. The van der Waals surface area contributed by atoms with Gasteiger partial charge in [-0.3, -0.25) is 9.88 Å². The number of likely N-dealkylation sites (tertiary alicyclic amines) is 1. The van der Waals surface area contributed by atoms with Gasteiger partial charge >= 0.3 is 6.09 Å². The van der Waals surface area contributed by atoms with Crippen LogP contribution in [0.5, 0.6) is 11.5 Å². The number of aromatic nitrogens is 1. The molecule has 7 heteroatoms. The van der Waals surface area contributed by atoms with Gasteiger partial charge in [0.15, 0.2) is 0 Å². The van der Waals surface area contributed by atoms with E-state index in [2.05, 4.69) is 15.2 Å². The Morgan fingerprint density at radius 1 is 1.38 bits per heavy atom. The molecule has 0 spiro atoms. The average molecular weight is 357 g/mol. The normalized spacial score (nSPS) is 21.0. The van der Waals surface area contributed by atoms with E-state index in [-0.39, 0.29) is 6.04 Å². The Labute approximate surface area is 151 Å². The van der Waals surface area contributed by atoms with Crippen LogP contribution in [0.25, 0.3) is 10.9 Å². The summed E-state index contributed by atoms with van der Waals surface area (Å²) < 4.78 is 11.4. The van der Waals surface area contributed by atoms with Crippen molar-refractivity contribution in [1.29, 1.82) is 0 Å². The number of pyridine rings is 1. The number of hydrogen-bond donors (Lipinski definition) is 2. The fraction of sp³-hybridized carbons (Fsp3) is 0.474. The van der Waals surface area contributed by atoms with Gasteiger partial charge in [-0.05, 0) is 37.5 Å². The highest BCUT2D eigenvalue weighted by molar-refractivity contribution is 5.85. The minimum absolute atomic E-state index is 0.0508. The van der Waals surface area contributed by atoms with Crippen LogP contribution in [-0.2, 0) is 6.42 Å². The highest BCUT2D eigenvalue weighted by atomic mass is 16.5. The summed E-state index contributed by atoms with van der Waals surface area (Å²) >= 11 is 0. The number of piperidine rings is 1. The van der Waals surface area contributed by atoms with Crippen LogP contribution in [0.1, 0.15) is 18.4 Å². The topological polar surface area (TPSA) is 83.9 Å². The van der Waals surface area contributed by atoms with E-state index in [0.717, 1.165) is 54.8 Å². The molecule has 2 aromatic rings. The molecule has 2 N–H and O–H groups in total. The summed E-state index contributed by atoms with van der Waals surface area (Å²) in [5.74, 6) is 1.67. The summed E-state index contributed by atoms with van der Waals surface area (Å²) in [4.78, 5) is 17.7. The van der Waals surface area contributed by atoms with Crippen LogP contribution in [0.3, 0.4) is 0 Å². The van der Waals surface area contributed by atoms with Gasteiger partial charge in [-0.1, -0.05) is 0 Å². The van der Waals surface area contributed by atoms with Gasteiger partial charge in [0.2, 0.25) is 0 Å². The molecule has 1 amide bonds. The summed E-state index contributed by atoms with van der Waals surface area (Å²) in [6, 6.07) is 6.26. The van der Waals surface area contributed by atoms with E-state index in [1.54, 1.807) is 7.11 Å². The largest absolute Gasteiger partial charge is 0.497 e. The molecule has 1 fully saturated rings. The van der Waals surface area contributed by atoms with Crippen molar-refractivity contribution in [3.05, 3.63) is 30.0 Å². The Morgan fingerprint density at radius 2 is 2.19 bits per heavy atom. The molecule has 2 aliphatic heterocycles. The van der Waals surface area contributed by atoms with Crippen LogP contribution in [0, 0.1) is 0 Å². The van der Waals surface area contributed by atoms with Gasteiger partial charge in [0.05, 0.1) is 18.8 Å². The summed E-state index contributed by atoms with van der Waals surface area (Å²) in [6.07, 6.45) is 3.44. The lowest BCUT2D eigenvalue weighted by Crippen LogP contribution is -2.50. The van der Waals surface area contributed by atoms with Gasteiger partial charge in [0.25, 0.3) is 0 Å². The predicted molar refractivity (Wildman–Crippen MR) is 97.0 cm³/mol. The minimum Gasteiger partial charge on any atom is -0.497 e. The van der Waals surface area contributed by atoms with Crippen LogP contribution in [0.2, 0.25) is 0 Å². The molecule has 0 saturated carbocycles. The Morgan fingerprint density at radius 3 is 2.92 bits per heavy atom. The van der Waals surface area contributed by atoms with E-state index < -0.39 is 6.09 Å². The summed E-state index contributed by atoms with van der Waals surface area (Å²) in [6.45, 7) is 2.39. The summed E-state index contributed by atoms with van der Waals surface area (Å²) in [5, 5.41) is 12.5. The van der Waals surface area contributed by atoms with E-state index in [4.69, 9.17) is 14.6 Å². The number of benzene rings is 1. The van der Waals surface area contributed by atoms with Gasteiger partial charge in [0.1, 0.15) is 18.1 Å².